The van der Waals surface area contributed by atoms with Crippen molar-refractivity contribution in [2.75, 3.05) is 7.11 Å². The van der Waals surface area contributed by atoms with E-state index in [-0.39, 0.29) is 17.2 Å². The van der Waals surface area contributed by atoms with Gasteiger partial charge in [-0.25, -0.2) is 8.78 Å². The number of aliphatic hydroxyl groups excluding tert-OH is 1. The first-order chi connectivity index (χ1) is 9.51. The summed E-state index contributed by atoms with van der Waals surface area (Å²) in [7, 11) is 1.36. The highest BCUT2D eigenvalue weighted by Crippen LogP contribution is 2.26. The van der Waals surface area contributed by atoms with Gasteiger partial charge in [0.15, 0.2) is 11.6 Å². The normalized spacial score (nSPS) is 12.2. The van der Waals surface area contributed by atoms with Crippen LogP contribution in [-0.4, -0.2) is 12.2 Å². The second kappa shape index (κ2) is 6.20. The van der Waals surface area contributed by atoms with Gasteiger partial charge in [0.2, 0.25) is 0 Å². The molecule has 0 fully saturated rings. The van der Waals surface area contributed by atoms with Crippen LogP contribution in [0.2, 0.25) is 5.02 Å². The molecule has 1 N–H and O–H groups in total. The molecule has 2 aromatic carbocycles. The van der Waals surface area contributed by atoms with Crippen molar-refractivity contribution in [3.63, 3.8) is 0 Å². The third-order valence-electron chi connectivity index (χ3n) is 2.97. The van der Waals surface area contributed by atoms with Gasteiger partial charge in [-0.1, -0.05) is 23.7 Å². The fourth-order valence-electron chi connectivity index (χ4n) is 1.89. The van der Waals surface area contributed by atoms with Gasteiger partial charge in [-0.3, -0.25) is 0 Å². The van der Waals surface area contributed by atoms with E-state index in [4.69, 9.17) is 16.3 Å². The molecule has 0 radical (unpaired) electrons. The molecule has 0 aliphatic rings. The van der Waals surface area contributed by atoms with Gasteiger partial charge in [0.05, 0.1) is 18.2 Å². The van der Waals surface area contributed by atoms with Gasteiger partial charge in [-0.05, 0) is 35.4 Å². The van der Waals surface area contributed by atoms with Crippen molar-refractivity contribution >= 4 is 11.6 Å². The molecular formula is C15H13ClF2O2. The minimum Gasteiger partial charge on any atom is -0.494 e. The Morgan fingerprint density at radius 1 is 1.15 bits per heavy atom. The Morgan fingerprint density at radius 3 is 2.50 bits per heavy atom. The minimum atomic E-state index is -0.856. The summed E-state index contributed by atoms with van der Waals surface area (Å²) >= 11 is 5.69. The molecule has 1 unspecified atom stereocenters. The van der Waals surface area contributed by atoms with E-state index in [9.17, 15) is 13.9 Å². The Morgan fingerprint density at radius 2 is 1.85 bits per heavy atom. The van der Waals surface area contributed by atoms with Gasteiger partial charge < -0.3 is 9.84 Å². The molecule has 0 amide bonds. The Bertz CT molecular complexity index is 617. The van der Waals surface area contributed by atoms with Crippen LogP contribution in [0.25, 0.3) is 0 Å². The highest BCUT2D eigenvalue weighted by Gasteiger charge is 2.13. The molecule has 1 atom stereocenters. The molecule has 0 aliphatic carbocycles. The molecule has 5 heteroatoms. The van der Waals surface area contributed by atoms with E-state index in [1.807, 2.05) is 0 Å². The van der Waals surface area contributed by atoms with E-state index < -0.39 is 17.7 Å². The fraction of sp³-hybridized carbons (Fsp3) is 0.200. The largest absolute Gasteiger partial charge is 0.494 e. The predicted molar refractivity (Wildman–Crippen MR) is 73.0 cm³/mol. The number of halogens is 3. The zero-order chi connectivity index (χ0) is 14.7. The van der Waals surface area contributed by atoms with E-state index in [2.05, 4.69) is 0 Å². The predicted octanol–water partition coefficient (Wildman–Crippen LogP) is 3.90. The monoisotopic (exact) mass is 298 g/mol. The first kappa shape index (κ1) is 14.8. The van der Waals surface area contributed by atoms with Crippen molar-refractivity contribution in [3.8, 4) is 5.75 Å². The number of rotatable bonds is 4. The lowest BCUT2D eigenvalue weighted by Crippen LogP contribution is -2.03. The summed E-state index contributed by atoms with van der Waals surface area (Å²) < 4.78 is 31.2. The summed E-state index contributed by atoms with van der Waals surface area (Å²) in [6, 6.07) is 8.40. The fourth-order valence-corrected chi connectivity index (χ4v) is 2.09. The highest BCUT2D eigenvalue weighted by molar-refractivity contribution is 6.30. The Labute approximate surface area is 120 Å². The van der Waals surface area contributed by atoms with Gasteiger partial charge in [-0.2, -0.15) is 0 Å². The number of ether oxygens (including phenoxy) is 1. The second-order valence-corrected chi connectivity index (χ2v) is 4.77. The van der Waals surface area contributed by atoms with Gasteiger partial charge in [-0.15, -0.1) is 0 Å². The maximum Gasteiger partial charge on any atom is 0.165 e. The average molecular weight is 299 g/mol. The van der Waals surface area contributed by atoms with Crippen LogP contribution in [0, 0.1) is 11.6 Å². The standard InChI is InChI=1S/C15H13ClF2O2/c1-20-15-8-10(3-5-13(15)18)14(19)7-9-2-4-12(17)11(16)6-9/h2-6,8,14,19H,7H2,1H3. The van der Waals surface area contributed by atoms with Gasteiger partial charge in [0, 0.05) is 6.42 Å². The quantitative estimate of drug-likeness (QED) is 0.927. The molecule has 2 nitrogen and oxygen atoms in total. The van der Waals surface area contributed by atoms with Crippen LogP contribution in [0.4, 0.5) is 8.78 Å². The molecule has 20 heavy (non-hydrogen) atoms. The van der Waals surface area contributed by atoms with Crippen molar-refractivity contribution in [3.05, 3.63) is 64.2 Å². The maximum atomic E-state index is 13.3. The second-order valence-electron chi connectivity index (χ2n) is 4.36. The minimum absolute atomic E-state index is 0.00591. The van der Waals surface area contributed by atoms with E-state index in [1.54, 1.807) is 6.07 Å². The number of methoxy groups -OCH3 is 1. The number of hydrogen-bond donors (Lipinski definition) is 1. The first-order valence-corrected chi connectivity index (χ1v) is 6.34. The first-order valence-electron chi connectivity index (χ1n) is 5.96. The van der Waals surface area contributed by atoms with Crippen LogP contribution in [0.5, 0.6) is 5.75 Å². The SMILES string of the molecule is COc1cc(C(O)Cc2ccc(F)c(Cl)c2)ccc1F. The number of benzene rings is 2. The number of hydrogen-bond acceptors (Lipinski definition) is 2. The topological polar surface area (TPSA) is 29.5 Å². The maximum absolute atomic E-state index is 13.3. The summed E-state index contributed by atoms with van der Waals surface area (Å²) in [5.74, 6) is -0.930. The van der Waals surface area contributed by atoms with Crippen LogP contribution in [0.3, 0.4) is 0 Å². The lowest BCUT2D eigenvalue weighted by Gasteiger charge is -2.13. The third kappa shape index (κ3) is 3.26. The van der Waals surface area contributed by atoms with Crippen molar-refractivity contribution in [2.24, 2.45) is 0 Å². The zero-order valence-electron chi connectivity index (χ0n) is 10.7. The van der Waals surface area contributed by atoms with E-state index >= 15 is 0 Å². The van der Waals surface area contributed by atoms with Crippen LogP contribution >= 0.6 is 11.6 Å². The summed E-state index contributed by atoms with van der Waals surface area (Å²) in [6.07, 6.45) is -0.611. The Kier molecular flexibility index (Phi) is 4.57. The molecule has 106 valence electrons. The number of aliphatic hydroxyl groups is 1. The van der Waals surface area contributed by atoms with Crippen LogP contribution in [-0.2, 0) is 6.42 Å². The van der Waals surface area contributed by atoms with Gasteiger partial charge >= 0.3 is 0 Å². The molecule has 0 heterocycles. The third-order valence-corrected chi connectivity index (χ3v) is 3.26. The lowest BCUT2D eigenvalue weighted by molar-refractivity contribution is 0.178. The van der Waals surface area contributed by atoms with Crippen molar-refractivity contribution in [2.45, 2.75) is 12.5 Å². The van der Waals surface area contributed by atoms with E-state index in [1.165, 1.54) is 37.4 Å². The molecule has 0 saturated carbocycles. The molecule has 0 aromatic heterocycles. The summed E-state index contributed by atoms with van der Waals surface area (Å²) in [5.41, 5.74) is 1.20. The van der Waals surface area contributed by atoms with Gasteiger partial charge in [0.1, 0.15) is 5.82 Å². The summed E-state index contributed by atoms with van der Waals surface area (Å²) in [5, 5.41) is 10.1. The molecule has 2 rings (SSSR count). The van der Waals surface area contributed by atoms with Crippen LogP contribution in [0.1, 0.15) is 17.2 Å². The summed E-state index contributed by atoms with van der Waals surface area (Å²) in [4.78, 5) is 0. The van der Waals surface area contributed by atoms with E-state index in [0.717, 1.165) is 0 Å². The van der Waals surface area contributed by atoms with Gasteiger partial charge in [0.25, 0.3) is 0 Å². The van der Waals surface area contributed by atoms with Crippen LogP contribution in [0.15, 0.2) is 36.4 Å². The molecule has 0 spiro atoms. The average Bonchev–Trinajstić information content (AvgIpc) is 2.43. The smallest absolute Gasteiger partial charge is 0.165 e. The van der Waals surface area contributed by atoms with E-state index in [0.29, 0.717) is 11.1 Å². The highest BCUT2D eigenvalue weighted by atomic mass is 35.5. The molecule has 0 bridgehead atoms. The molecule has 0 saturated heterocycles. The molecule has 0 aliphatic heterocycles. The Hall–Kier alpha value is -1.65. The zero-order valence-corrected chi connectivity index (χ0v) is 11.5. The van der Waals surface area contributed by atoms with Crippen LogP contribution < -0.4 is 4.74 Å². The van der Waals surface area contributed by atoms with Crippen molar-refractivity contribution < 1.29 is 18.6 Å². The Balaban J connectivity index is 2.19. The lowest BCUT2D eigenvalue weighted by atomic mass is 10.0. The summed E-state index contributed by atoms with van der Waals surface area (Å²) in [6.45, 7) is 0. The molecular weight excluding hydrogens is 286 g/mol. The van der Waals surface area contributed by atoms with Crippen molar-refractivity contribution in [1.82, 2.24) is 0 Å². The molecule has 2 aromatic rings. The van der Waals surface area contributed by atoms with Crippen molar-refractivity contribution in [1.29, 1.82) is 0 Å².